The molecule has 4 heteroatoms. The first-order valence-electron chi connectivity index (χ1n) is 6.31. The summed E-state index contributed by atoms with van der Waals surface area (Å²) in [6.07, 6.45) is 6.53. The van der Waals surface area contributed by atoms with Crippen molar-refractivity contribution in [2.45, 2.75) is 50.7 Å². The highest BCUT2D eigenvalue weighted by atomic mass is 16.6. The van der Waals surface area contributed by atoms with Gasteiger partial charge in [0, 0.05) is 6.42 Å². The quantitative estimate of drug-likeness (QED) is 0.736. The molecule has 0 aromatic heterocycles. The summed E-state index contributed by atoms with van der Waals surface area (Å²) >= 11 is 0. The summed E-state index contributed by atoms with van der Waals surface area (Å²) in [5.74, 6) is 0.0889. The van der Waals surface area contributed by atoms with E-state index in [1.54, 1.807) is 0 Å². The number of hydrogen-bond donors (Lipinski definition) is 1. The Morgan fingerprint density at radius 3 is 2.62 bits per heavy atom. The lowest BCUT2D eigenvalue weighted by molar-refractivity contribution is -0.152. The largest absolute Gasteiger partial charge is 0.459 e. The van der Waals surface area contributed by atoms with Crippen LogP contribution in [0.5, 0.6) is 0 Å². The summed E-state index contributed by atoms with van der Waals surface area (Å²) in [6, 6.07) is -0.430. The van der Waals surface area contributed by atoms with E-state index < -0.39 is 6.04 Å². The molecular formula is C12H21NO3. The Morgan fingerprint density at radius 2 is 2.00 bits per heavy atom. The van der Waals surface area contributed by atoms with Crippen LogP contribution in [0.3, 0.4) is 0 Å². The Balaban J connectivity index is 1.78. The Morgan fingerprint density at radius 1 is 1.25 bits per heavy atom. The van der Waals surface area contributed by atoms with Gasteiger partial charge in [0.25, 0.3) is 0 Å². The van der Waals surface area contributed by atoms with E-state index in [4.69, 9.17) is 15.2 Å². The molecule has 0 bridgehead atoms. The predicted molar refractivity (Wildman–Crippen MR) is 59.9 cm³/mol. The summed E-state index contributed by atoms with van der Waals surface area (Å²) in [5, 5.41) is 0. The van der Waals surface area contributed by atoms with Gasteiger partial charge in [0.2, 0.25) is 0 Å². The zero-order valence-corrected chi connectivity index (χ0v) is 9.69. The average molecular weight is 227 g/mol. The first kappa shape index (κ1) is 11.9. The van der Waals surface area contributed by atoms with Crippen molar-refractivity contribution in [3.63, 3.8) is 0 Å². The maximum atomic E-state index is 11.8. The van der Waals surface area contributed by atoms with Gasteiger partial charge in [-0.15, -0.1) is 0 Å². The van der Waals surface area contributed by atoms with Crippen molar-refractivity contribution in [2.24, 2.45) is 11.7 Å². The van der Waals surface area contributed by atoms with Crippen LogP contribution in [-0.4, -0.2) is 31.3 Å². The molecule has 16 heavy (non-hydrogen) atoms. The van der Waals surface area contributed by atoms with E-state index in [2.05, 4.69) is 0 Å². The van der Waals surface area contributed by atoms with E-state index in [1.165, 1.54) is 19.3 Å². The maximum absolute atomic E-state index is 11.8. The van der Waals surface area contributed by atoms with E-state index in [0.717, 1.165) is 19.3 Å². The minimum atomic E-state index is -0.430. The molecule has 1 heterocycles. The van der Waals surface area contributed by atoms with Crippen LogP contribution in [0.2, 0.25) is 0 Å². The molecule has 1 saturated heterocycles. The number of carbonyl (C=O) groups is 1. The molecular weight excluding hydrogens is 206 g/mol. The summed E-state index contributed by atoms with van der Waals surface area (Å²) in [4.78, 5) is 11.8. The van der Waals surface area contributed by atoms with Gasteiger partial charge in [-0.2, -0.15) is 0 Å². The van der Waals surface area contributed by atoms with Gasteiger partial charge in [0.15, 0.2) is 0 Å². The highest BCUT2D eigenvalue weighted by Gasteiger charge is 2.30. The third kappa shape index (κ3) is 2.95. The molecule has 92 valence electrons. The van der Waals surface area contributed by atoms with Crippen LogP contribution in [0.4, 0.5) is 0 Å². The second-order valence-electron chi connectivity index (χ2n) is 4.85. The van der Waals surface area contributed by atoms with Crippen molar-refractivity contribution in [3.05, 3.63) is 0 Å². The van der Waals surface area contributed by atoms with Crippen molar-refractivity contribution in [2.75, 3.05) is 13.2 Å². The summed E-state index contributed by atoms with van der Waals surface area (Å²) in [5.41, 5.74) is 5.95. The van der Waals surface area contributed by atoms with Gasteiger partial charge in [-0.3, -0.25) is 4.79 Å². The maximum Gasteiger partial charge on any atom is 0.323 e. The second-order valence-corrected chi connectivity index (χ2v) is 4.85. The van der Waals surface area contributed by atoms with Gasteiger partial charge >= 0.3 is 5.97 Å². The fourth-order valence-electron chi connectivity index (χ4n) is 2.53. The van der Waals surface area contributed by atoms with Crippen LogP contribution in [0.1, 0.15) is 38.5 Å². The molecule has 1 aliphatic heterocycles. The molecule has 0 spiro atoms. The van der Waals surface area contributed by atoms with Crippen LogP contribution in [0.15, 0.2) is 0 Å². The number of nitrogens with two attached hydrogens (primary N) is 1. The summed E-state index contributed by atoms with van der Waals surface area (Å²) in [7, 11) is 0. The Hall–Kier alpha value is -0.610. The molecule has 0 aromatic rings. The molecule has 0 radical (unpaired) electrons. The summed E-state index contributed by atoms with van der Waals surface area (Å²) < 4.78 is 10.5. The van der Waals surface area contributed by atoms with Gasteiger partial charge in [-0.25, -0.2) is 0 Å². The fourth-order valence-corrected chi connectivity index (χ4v) is 2.53. The molecule has 2 unspecified atom stereocenters. The van der Waals surface area contributed by atoms with E-state index >= 15 is 0 Å². The van der Waals surface area contributed by atoms with E-state index in [-0.39, 0.29) is 12.1 Å². The zero-order valence-electron chi connectivity index (χ0n) is 9.69. The van der Waals surface area contributed by atoms with Gasteiger partial charge in [0.1, 0.15) is 12.1 Å². The lowest BCUT2D eigenvalue weighted by atomic mass is 9.84. The van der Waals surface area contributed by atoms with Crippen molar-refractivity contribution in [3.8, 4) is 0 Å². The summed E-state index contributed by atoms with van der Waals surface area (Å²) in [6.45, 7) is 1.22. The van der Waals surface area contributed by atoms with Gasteiger partial charge < -0.3 is 15.2 Å². The number of hydrogen-bond acceptors (Lipinski definition) is 4. The van der Waals surface area contributed by atoms with Gasteiger partial charge in [0.05, 0.1) is 13.2 Å². The normalized spacial score (nSPS) is 28.9. The number of ether oxygens (including phenoxy) is 2. The fraction of sp³-hybridized carbons (Fsp3) is 0.917. The Kier molecular flexibility index (Phi) is 4.18. The van der Waals surface area contributed by atoms with E-state index in [0.29, 0.717) is 19.1 Å². The molecule has 2 aliphatic rings. The second kappa shape index (κ2) is 5.64. The van der Waals surface area contributed by atoms with Crippen molar-refractivity contribution < 1.29 is 14.3 Å². The molecule has 0 amide bonds. The Bertz CT molecular complexity index is 232. The highest BCUT2D eigenvalue weighted by molar-refractivity contribution is 5.76. The molecule has 2 fully saturated rings. The minimum Gasteiger partial charge on any atom is -0.459 e. The third-order valence-electron chi connectivity index (χ3n) is 3.60. The molecule has 0 aromatic carbocycles. The Labute approximate surface area is 96.5 Å². The third-order valence-corrected chi connectivity index (χ3v) is 3.60. The number of esters is 1. The average Bonchev–Trinajstić information content (AvgIpc) is 2.82. The number of carbonyl (C=O) groups excluding carboxylic acids is 1. The predicted octanol–water partition coefficient (Wildman–Crippen LogP) is 1.23. The molecule has 2 rings (SSSR count). The van der Waals surface area contributed by atoms with Crippen molar-refractivity contribution in [1.82, 2.24) is 0 Å². The van der Waals surface area contributed by atoms with Gasteiger partial charge in [-0.1, -0.05) is 19.3 Å². The van der Waals surface area contributed by atoms with Crippen LogP contribution in [-0.2, 0) is 14.3 Å². The van der Waals surface area contributed by atoms with Crippen LogP contribution >= 0.6 is 0 Å². The molecule has 2 N–H and O–H groups in total. The van der Waals surface area contributed by atoms with Crippen LogP contribution in [0.25, 0.3) is 0 Å². The molecule has 2 atom stereocenters. The van der Waals surface area contributed by atoms with Crippen LogP contribution < -0.4 is 5.73 Å². The smallest absolute Gasteiger partial charge is 0.323 e. The monoisotopic (exact) mass is 227 g/mol. The first-order chi connectivity index (χ1) is 7.77. The lowest BCUT2D eigenvalue weighted by Crippen LogP contribution is -2.41. The zero-order chi connectivity index (χ0) is 11.4. The molecule has 1 aliphatic carbocycles. The van der Waals surface area contributed by atoms with Crippen LogP contribution in [0, 0.1) is 5.92 Å². The number of rotatable bonds is 3. The molecule has 4 nitrogen and oxygen atoms in total. The van der Waals surface area contributed by atoms with Gasteiger partial charge in [-0.05, 0) is 18.8 Å². The minimum absolute atomic E-state index is 0.0675. The van der Waals surface area contributed by atoms with Crippen molar-refractivity contribution >= 4 is 5.97 Å². The highest BCUT2D eigenvalue weighted by Crippen LogP contribution is 2.26. The van der Waals surface area contributed by atoms with E-state index in [9.17, 15) is 4.79 Å². The standard InChI is InChI=1S/C12H21NO3/c13-11(9-4-2-1-3-5-9)12(14)16-10-6-7-15-8-10/h9-11H,1-8,13H2. The van der Waals surface area contributed by atoms with E-state index in [1.807, 2.05) is 0 Å². The first-order valence-corrected chi connectivity index (χ1v) is 6.31. The topological polar surface area (TPSA) is 61.6 Å². The SMILES string of the molecule is NC(C(=O)OC1CCOC1)C1CCCCC1. The lowest BCUT2D eigenvalue weighted by Gasteiger charge is -2.26. The molecule has 1 saturated carbocycles. The van der Waals surface area contributed by atoms with Crippen molar-refractivity contribution in [1.29, 1.82) is 0 Å².